The van der Waals surface area contributed by atoms with Gasteiger partial charge in [-0.15, -0.1) is 0 Å². The summed E-state index contributed by atoms with van der Waals surface area (Å²) in [7, 11) is 0. The van der Waals surface area contributed by atoms with Gasteiger partial charge in [0, 0.05) is 0 Å². The quantitative estimate of drug-likeness (QED) is 0.807. The first kappa shape index (κ1) is 16.3. The van der Waals surface area contributed by atoms with Crippen LogP contribution in [-0.2, 0) is 9.53 Å². The molecule has 2 atom stereocenters. The van der Waals surface area contributed by atoms with Crippen molar-refractivity contribution in [2.45, 2.75) is 64.9 Å². The van der Waals surface area contributed by atoms with Gasteiger partial charge in [0.1, 0.15) is 5.60 Å². The Kier molecular flexibility index (Phi) is 4.60. The van der Waals surface area contributed by atoms with Crippen LogP contribution in [0.25, 0.3) is 0 Å². The van der Waals surface area contributed by atoms with E-state index in [1.165, 1.54) is 6.92 Å². The molecule has 0 amide bonds. The van der Waals surface area contributed by atoms with Crippen molar-refractivity contribution in [2.75, 3.05) is 6.61 Å². The Morgan fingerprint density at radius 3 is 2.42 bits per heavy atom. The summed E-state index contributed by atoms with van der Waals surface area (Å²) in [6.45, 7) is 6.80. The maximum absolute atomic E-state index is 14.3. The summed E-state index contributed by atoms with van der Waals surface area (Å²) in [5.74, 6) is -6.11. The average Bonchev–Trinajstić information content (AvgIpc) is 2.28. The molecule has 112 valence electrons. The highest BCUT2D eigenvalue weighted by Crippen LogP contribution is 2.51. The largest absolute Gasteiger partial charge is 0.461 e. The zero-order valence-electron chi connectivity index (χ0n) is 12.1. The number of esters is 1. The molecule has 0 aromatic heterocycles. The maximum atomic E-state index is 14.3. The van der Waals surface area contributed by atoms with Crippen LogP contribution in [0.15, 0.2) is 0 Å². The fourth-order valence-electron chi connectivity index (χ4n) is 3.08. The smallest absolute Gasteiger partial charge is 0.380 e. The molecule has 0 aromatic carbocycles. The molecular formula is C14H24F2O3. The van der Waals surface area contributed by atoms with Crippen LogP contribution in [0, 0.1) is 11.3 Å². The van der Waals surface area contributed by atoms with Crippen LogP contribution in [0.3, 0.4) is 0 Å². The Morgan fingerprint density at radius 1 is 1.37 bits per heavy atom. The Balaban J connectivity index is 3.13. The number of aliphatic hydroxyl groups is 1. The van der Waals surface area contributed by atoms with Gasteiger partial charge in [0.2, 0.25) is 0 Å². The minimum atomic E-state index is -3.86. The van der Waals surface area contributed by atoms with Gasteiger partial charge in [-0.2, -0.15) is 8.78 Å². The van der Waals surface area contributed by atoms with Gasteiger partial charge in [0.05, 0.1) is 6.61 Å². The number of halogens is 2. The summed E-state index contributed by atoms with van der Waals surface area (Å²) in [5.41, 5.74) is -2.80. The molecule has 0 radical (unpaired) electrons. The lowest BCUT2D eigenvalue weighted by atomic mass is 9.61. The van der Waals surface area contributed by atoms with Crippen LogP contribution in [0.2, 0.25) is 0 Å². The Labute approximate surface area is 113 Å². The van der Waals surface area contributed by atoms with Gasteiger partial charge in [-0.1, -0.05) is 33.6 Å². The molecule has 0 bridgehead atoms. The number of alkyl halides is 2. The minimum Gasteiger partial charge on any atom is -0.461 e. The van der Waals surface area contributed by atoms with Gasteiger partial charge < -0.3 is 9.84 Å². The van der Waals surface area contributed by atoms with Crippen LogP contribution in [0.1, 0.15) is 53.4 Å². The molecular weight excluding hydrogens is 254 g/mol. The van der Waals surface area contributed by atoms with Crippen LogP contribution in [0.4, 0.5) is 8.78 Å². The molecule has 0 heterocycles. The van der Waals surface area contributed by atoms with E-state index < -0.39 is 28.8 Å². The number of rotatable bonds is 3. The Hall–Kier alpha value is -0.710. The van der Waals surface area contributed by atoms with E-state index in [1.54, 1.807) is 0 Å². The van der Waals surface area contributed by atoms with Gasteiger partial charge >= 0.3 is 11.9 Å². The predicted molar refractivity (Wildman–Crippen MR) is 67.9 cm³/mol. The highest BCUT2D eigenvalue weighted by atomic mass is 19.3. The number of carbonyl (C=O) groups excluding carboxylic acids is 1. The molecule has 5 heteroatoms. The highest BCUT2D eigenvalue weighted by molar-refractivity contribution is 5.79. The summed E-state index contributed by atoms with van der Waals surface area (Å²) in [6.07, 6.45) is 1.72. The van der Waals surface area contributed by atoms with Gasteiger partial charge in [-0.3, -0.25) is 0 Å². The highest BCUT2D eigenvalue weighted by Gasteiger charge is 2.65. The van der Waals surface area contributed by atoms with E-state index in [9.17, 15) is 18.7 Å². The van der Waals surface area contributed by atoms with Crippen molar-refractivity contribution < 1.29 is 23.4 Å². The molecule has 0 saturated heterocycles. The lowest BCUT2D eigenvalue weighted by Gasteiger charge is -2.48. The normalized spacial score (nSPS) is 29.1. The summed E-state index contributed by atoms with van der Waals surface area (Å²) < 4.78 is 33.1. The zero-order chi connectivity index (χ0) is 14.9. The van der Waals surface area contributed by atoms with Gasteiger partial charge in [-0.25, -0.2) is 4.79 Å². The second-order valence-electron chi connectivity index (χ2n) is 6.38. The summed E-state index contributed by atoms with van der Waals surface area (Å²) in [5, 5.41) is 10.5. The van der Waals surface area contributed by atoms with Crippen molar-refractivity contribution in [2.24, 2.45) is 11.3 Å². The number of hydrogen-bond donors (Lipinski definition) is 1. The monoisotopic (exact) mass is 278 g/mol. The molecule has 1 aliphatic carbocycles. The first-order valence-electron chi connectivity index (χ1n) is 6.84. The lowest BCUT2D eigenvalue weighted by molar-refractivity contribution is -0.246. The molecule has 2 unspecified atom stereocenters. The Bertz CT molecular complexity index is 336. The third kappa shape index (κ3) is 2.91. The summed E-state index contributed by atoms with van der Waals surface area (Å²) in [6, 6.07) is 0. The van der Waals surface area contributed by atoms with E-state index in [1.807, 2.05) is 20.8 Å². The van der Waals surface area contributed by atoms with E-state index in [-0.39, 0.29) is 13.0 Å². The molecule has 0 spiro atoms. The summed E-state index contributed by atoms with van der Waals surface area (Å²) >= 11 is 0. The first-order valence-corrected chi connectivity index (χ1v) is 6.84. The van der Waals surface area contributed by atoms with Crippen molar-refractivity contribution >= 4 is 5.97 Å². The number of carbonyl (C=O) groups is 1. The molecule has 1 fully saturated rings. The van der Waals surface area contributed by atoms with E-state index in [4.69, 9.17) is 0 Å². The Morgan fingerprint density at radius 2 is 1.95 bits per heavy atom. The number of ether oxygens (including phenoxy) is 1. The molecule has 1 aliphatic rings. The third-order valence-electron chi connectivity index (χ3n) is 4.00. The van der Waals surface area contributed by atoms with Crippen molar-refractivity contribution in [3.8, 4) is 0 Å². The number of hydrogen-bond acceptors (Lipinski definition) is 3. The standard InChI is InChI=1S/C14H24F2O3/c1-5-19-11(17)14(15,16)13(18)9-7-6-8-10(13)12(2,3)4/h10,18H,5-9H2,1-4H3. The van der Waals surface area contributed by atoms with Crippen LogP contribution in [0.5, 0.6) is 0 Å². The average molecular weight is 278 g/mol. The molecule has 1 N–H and O–H groups in total. The van der Waals surface area contributed by atoms with Crippen molar-refractivity contribution in [1.82, 2.24) is 0 Å². The van der Waals surface area contributed by atoms with Crippen LogP contribution >= 0.6 is 0 Å². The second kappa shape index (κ2) is 5.35. The minimum absolute atomic E-state index is 0.0687. The van der Waals surface area contributed by atoms with E-state index in [0.717, 1.165) is 6.42 Å². The van der Waals surface area contributed by atoms with E-state index in [2.05, 4.69) is 4.74 Å². The van der Waals surface area contributed by atoms with Crippen molar-refractivity contribution in [3.63, 3.8) is 0 Å². The fourth-order valence-corrected chi connectivity index (χ4v) is 3.08. The fraction of sp³-hybridized carbons (Fsp3) is 0.929. The van der Waals surface area contributed by atoms with Gasteiger partial charge in [-0.05, 0) is 31.1 Å². The van der Waals surface area contributed by atoms with Crippen LogP contribution in [-0.4, -0.2) is 29.2 Å². The summed E-state index contributed by atoms with van der Waals surface area (Å²) in [4.78, 5) is 11.5. The van der Waals surface area contributed by atoms with Crippen LogP contribution < -0.4 is 0 Å². The molecule has 19 heavy (non-hydrogen) atoms. The van der Waals surface area contributed by atoms with Crippen molar-refractivity contribution in [3.05, 3.63) is 0 Å². The van der Waals surface area contributed by atoms with E-state index in [0.29, 0.717) is 12.8 Å². The molecule has 1 saturated carbocycles. The van der Waals surface area contributed by atoms with Gasteiger partial charge in [0.25, 0.3) is 0 Å². The molecule has 0 aromatic rings. The third-order valence-corrected chi connectivity index (χ3v) is 4.00. The SMILES string of the molecule is CCOC(=O)C(F)(F)C1(O)CCCCC1C(C)(C)C. The predicted octanol–water partition coefficient (Wildman–Crippen LogP) is 3.15. The van der Waals surface area contributed by atoms with E-state index >= 15 is 0 Å². The maximum Gasteiger partial charge on any atom is 0.380 e. The lowest BCUT2D eigenvalue weighted by Crippen LogP contribution is -2.62. The molecule has 1 rings (SSSR count). The molecule has 3 nitrogen and oxygen atoms in total. The van der Waals surface area contributed by atoms with Gasteiger partial charge in [0.15, 0.2) is 0 Å². The second-order valence-corrected chi connectivity index (χ2v) is 6.38. The van der Waals surface area contributed by atoms with Crippen molar-refractivity contribution in [1.29, 1.82) is 0 Å². The topological polar surface area (TPSA) is 46.5 Å². The zero-order valence-corrected chi connectivity index (χ0v) is 12.1. The first-order chi connectivity index (χ1) is 8.57. The molecule has 0 aliphatic heterocycles.